The van der Waals surface area contributed by atoms with E-state index in [1.54, 1.807) is 6.20 Å². The highest BCUT2D eigenvalue weighted by Crippen LogP contribution is 2.33. The molecule has 128 valence electrons. The Hall–Kier alpha value is -3.65. The van der Waals surface area contributed by atoms with Crippen molar-refractivity contribution in [1.29, 1.82) is 0 Å². The van der Waals surface area contributed by atoms with E-state index in [4.69, 9.17) is 0 Å². The maximum absolute atomic E-state index is 4.04. The first-order valence-corrected chi connectivity index (χ1v) is 9.06. The van der Waals surface area contributed by atoms with Crippen LogP contribution >= 0.6 is 0 Å². The zero-order valence-electron chi connectivity index (χ0n) is 14.8. The minimum atomic E-state index is 1.10. The molecule has 0 radical (unpaired) electrons. The molecule has 0 amide bonds. The highest BCUT2D eigenvalue weighted by molar-refractivity contribution is 6.22. The van der Waals surface area contributed by atoms with Crippen LogP contribution in [0, 0.1) is 0 Å². The van der Waals surface area contributed by atoms with E-state index in [1.807, 2.05) is 36.7 Å². The van der Waals surface area contributed by atoms with Crippen LogP contribution in [0.2, 0.25) is 0 Å². The zero-order valence-corrected chi connectivity index (χ0v) is 14.8. The normalized spacial score (nSPS) is 12.4. The van der Waals surface area contributed by atoms with Crippen LogP contribution in [0.4, 0.5) is 5.69 Å². The van der Waals surface area contributed by atoms with Crippen LogP contribution in [0.1, 0.15) is 5.56 Å². The lowest BCUT2D eigenvalue weighted by atomic mass is 9.95. The summed E-state index contributed by atoms with van der Waals surface area (Å²) in [4.78, 5) is 4.04. The van der Waals surface area contributed by atoms with Gasteiger partial charge < -0.3 is 5.32 Å². The average molecular weight is 346 g/mol. The molecule has 1 heterocycles. The van der Waals surface area contributed by atoms with Gasteiger partial charge in [0.1, 0.15) is 0 Å². The van der Waals surface area contributed by atoms with Gasteiger partial charge in [0, 0.05) is 29.9 Å². The summed E-state index contributed by atoms with van der Waals surface area (Å²) in [5, 5.41) is 11.3. The molecule has 0 bridgehead atoms. The van der Waals surface area contributed by atoms with Crippen LogP contribution in [-0.2, 0) is 0 Å². The predicted molar refractivity (Wildman–Crippen MR) is 117 cm³/mol. The number of hydrogen-bond acceptors (Lipinski definition) is 2. The van der Waals surface area contributed by atoms with Crippen molar-refractivity contribution in [3.05, 3.63) is 103 Å². The van der Waals surface area contributed by atoms with E-state index in [0.717, 1.165) is 11.3 Å². The minimum Gasteiger partial charge on any atom is -0.360 e. The van der Waals surface area contributed by atoms with Gasteiger partial charge in [-0.25, -0.2) is 0 Å². The monoisotopic (exact) mass is 346 g/mol. The fourth-order valence-electron chi connectivity index (χ4n) is 3.70. The Morgan fingerprint density at radius 2 is 1.11 bits per heavy atom. The molecule has 1 aliphatic rings. The van der Waals surface area contributed by atoms with Crippen molar-refractivity contribution in [2.75, 3.05) is 5.32 Å². The third-order valence-corrected chi connectivity index (χ3v) is 4.97. The van der Waals surface area contributed by atoms with E-state index in [2.05, 4.69) is 71.0 Å². The molecule has 2 nitrogen and oxygen atoms in total. The lowest BCUT2D eigenvalue weighted by molar-refractivity contribution is 1.55. The maximum atomic E-state index is 4.04. The van der Waals surface area contributed by atoms with Crippen molar-refractivity contribution in [2.45, 2.75) is 0 Å². The summed E-state index contributed by atoms with van der Waals surface area (Å²) >= 11 is 0. The second-order valence-corrected chi connectivity index (χ2v) is 6.62. The molecular formula is C25H18N2. The van der Waals surface area contributed by atoms with Crippen molar-refractivity contribution in [1.82, 2.24) is 0 Å². The quantitative estimate of drug-likeness (QED) is 0.314. The van der Waals surface area contributed by atoms with Crippen LogP contribution in [0.15, 0.2) is 102 Å². The third kappa shape index (κ3) is 2.81. The van der Waals surface area contributed by atoms with Gasteiger partial charge in [-0.15, -0.1) is 0 Å². The Morgan fingerprint density at radius 1 is 0.556 bits per heavy atom. The van der Waals surface area contributed by atoms with Crippen LogP contribution in [0.5, 0.6) is 0 Å². The van der Waals surface area contributed by atoms with Gasteiger partial charge in [-0.1, -0.05) is 78.9 Å². The summed E-state index contributed by atoms with van der Waals surface area (Å²) in [5.41, 5.74) is 2.22. The van der Waals surface area contributed by atoms with Gasteiger partial charge in [0.15, 0.2) is 0 Å². The van der Waals surface area contributed by atoms with E-state index in [1.165, 1.54) is 32.3 Å². The molecule has 2 heteroatoms. The van der Waals surface area contributed by atoms with Crippen molar-refractivity contribution in [2.24, 2.45) is 4.99 Å². The number of aliphatic imine (C=N–C) groups is 1. The van der Waals surface area contributed by atoms with Crippen molar-refractivity contribution < 1.29 is 0 Å². The molecule has 5 aromatic rings. The lowest BCUT2D eigenvalue weighted by Gasteiger charge is -2.09. The van der Waals surface area contributed by atoms with Gasteiger partial charge in [0.05, 0.1) is 0 Å². The van der Waals surface area contributed by atoms with Crippen LogP contribution in [0.3, 0.4) is 0 Å². The molecule has 27 heavy (non-hydrogen) atoms. The Labute approximate surface area is 157 Å². The highest BCUT2D eigenvalue weighted by atomic mass is 14.9. The Morgan fingerprint density at radius 3 is 1.70 bits per heavy atom. The summed E-state index contributed by atoms with van der Waals surface area (Å²) < 4.78 is 0. The van der Waals surface area contributed by atoms with Gasteiger partial charge >= 0.3 is 0 Å². The Bertz CT molecular complexity index is 1170. The predicted octanol–water partition coefficient (Wildman–Crippen LogP) is 6.59. The summed E-state index contributed by atoms with van der Waals surface area (Å²) in [5.74, 6) is 0. The smallest absolute Gasteiger partial charge is 0.0469 e. The fraction of sp³-hybridized carbons (Fsp3) is 0. The van der Waals surface area contributed by atoms with Crippen molar-refractivity contribution >= 4 is 44.2 Å². The lowest BCUT2D eigenvalue weighted by Crippen LogP contribution is -1.89. The van der Waals surface area contributed by atoms with Crippen LogP contribution in [-0.4, -0.2) is 6.21 Å². The number of anilines is 1. The molecule has 0 fully saturated rings. The first kappa shape index (κ1) is 15.6. The highest BCUT2D eigenvalue weighted by Gasteiger charge is 2.06. The molecule has 0 saturated heterocycles. The van der Waals surface area contributed by atoms with E-state index in [-0.39, 0.29) is 0 Å². The van der Waals surface area contributed by atoms with Crippen molar-refractivity contribution in [3.63, 3.8) is 0 Å². The molecule has 0 aliphatic carbocycles. The molecule has 0 spiro atoms. The zero-order chi connectivity index (χ0) is 18.1. The molecular weight excluding hydrogens is 328 g/mol. The van der Waals surface area contributed by atoms with E-state index in [9.17, 15) is 0 Å². The standard InChI is InChI=1S/C16H10.C9H8N2/c1-3-11-7-9-13-5-2-6-14-10-8-12(4-1)15(11)16(13)14;1-2-4-9-8(3-1)7-10-5-6-11-9/h1-10H;1-7,11H. The maximum Gasteiger partial charge on any atom is 0.0469 e. The van der Waals surface area contributed by atoms with E-state index in [0.29, 0.717) is 0 Å². The first-order valence-electron chi connectivity index (χ1n) is 9.06. The van der Waals surface area contributed by atoms with E-state index < -0.39 is 0 Å². The number of hydrogen-bond donors (Lipinski definition) is 1. The SMILES string of the molecule is C1=CNc2ccccc2C=N1.c1cc2ccc3cccc4ccc(c1)c2c34. The molecule has 0 atom stereocenters. The second kappa shape index (κ2) is 6.58. The number of benzene rings is 5. The Kier molecular flexibility index (Phi) is 3.80. The molecule has 1 N–H and O–H groups in total. The number of fused-ring (bicyclic) bond motifs is 1. The van der Waals surface area contributed by atoms with Gasteiger partial charge in [-0.2, -0.15) is 0 Å². The second-order valence-electron chi connectivity index (χ2n) is 6.62. The summed E-state index contributed by atoms with van der Waals surface area (Å²) in [6, 6.07) is 29.9. The van der Waals surface area contributed by atoms with Gasteiger partial charge in [0.2, 0.25) is 0 Å². The molecule has 0 unspecified atom stereocenters. The fourth-order valence-corrected chi connectivity index (χ4v) is 3.70. The van der Waals surface area contributed by atoms with Crippen molar-refractivity contribution in [3.8, 4) is 0 Å². The van der Waals surface area contributed by atoms with Gasteiger partial charge in [0.25, 0.3) is 0 Å². The number of nitrogens with zero attached hydrogens (tertiary/aromatic N) is 1. The largest absolute Gasteiger partial charge is 0.360 e. The van der Waals surface area contributed by atoms with Crippen LogP contribution in [0.25, 0.3) is 32.3 Å². The van der Waals surface area contributed by atoms with Crippen LogP contribution < -0.4 is 5.32 Å². The molecule has 5 aromatic carbocycles. The minimum absolute atomic E-state index is 1.10. The van der Waals surface area contributed by atoms with Gasteiger partial charge in [-0.3, -0.25) is 4.99 Å². The van der Waals surface area contributed by atoms with Gasteiger partial charge in [-0.05, 0) is 38.4 Å². The topological polar surface area (TPSA) is 24.4 Å². The molecule has 0 saturated carbocycles. The third-order valence-electron chi connectivity index (χ3n) is 4.97. The molecule has 6 rings (SSSR count). The first-order chi connectivity index (χ1) is 13.4. The number of para-hydroxylation sites is 1. The number of nitrogens with one attached hydrogen (secondary N) is 1. The molecule has 0 aromatic heterocycles. The summed E-state index contributed by atoms with van der Waals surface area (Å²) in [6.45, 7) is 0. The molecule has 1 aliphatic heterocycles. The Balaban J connectivity index is 0.000000128. The summed E-state index contributed by atoms with van der Waals surface area (Å²) in [6.07, 6.45) is 5.40. The number of rotatable bonds is 0. The average Bonchev–Trinajstić information content (AvgIpc) is 2.98. The van der Waals surface area contributed by atoms with E-state index >= 15 is 0 Å². The summed E-state index contributed by atoms with van der Waals surface area (Å²) in [7, 11) is 0.